The zero-order chi connectivity index (χ0) is 15.7. The second kappa shape index (κ2) is 6.10. The van der Waals surface area contributed by atoms with E-state index in [1.165, 1.54) is 28.0 Å². The molecule has 1 aliphatic rings. The fraction of sp³-hybridized carbons (Fsp3) is 0.267. The van der Waals surface area contributed by atoms with Crippen LogP contribution in [-0.4, -0.2) is 29.1 Å². The summed E-state index contributed by atoms with van der Waals surface area (Å²) in [4.78, 5) is 32.2. The van der Waals surface area contributed by atoms with Crippen LogP contribution in [0.1, 0.15) is 10.6 Å². The van der Waals surface area contributed by atoms with Gasteiger partial charge in [-0.2, -0.15) is 0 Å². The Morgan fingerprint density at radius 3 is 2.86 bits per heavy atom. The number of amides is 2. The normalized spacial score (nSPS) is 13.9. The second-order valence-electron chi connectivity index (χ2n) is 4.95. The first kappa shape index (κ1) is 15.1. The standard InChI is InChI=1S/C15H15N3O2S2/c1-9-10(2)22-15(16-9)17-13(19)7-18-11-5-3-4-6-12(11)21-8-14(18)20/h3-6H,7-8H2,1-2H3,(H,16,17,19). The van der Waals surface area contributed by atoms with Crippen molar-refractivity contribution in [3.8, 4) is 0 Å². The lowest BCUT2D eigenvalue weighted by atomic mass is 10.2. The molecule has 1 aliphatic heterocycles. The Morgan fingerprint density at radius 1 is 1.36 bits per heavy atom. The number of nitrogens with zero attached hydrogens (tertiary/aromatic N) is 2. The topological polar surface area (TPSA) is 62.3 Å². The molecule has 0 saturated heterocycles. The maximum absolute atomic E-state index is 12.2. The molecule has 7 heteroatoms. The van der Waals surface area contributed by atoms with Gasteiger partial charge in [0.1, 0.15) is 6.54 Å². The Hall–Kier alpha value is -1.86. The van der Waals surface area contributed by atoms with Crippen LogP contribution in [-0.2, 0) is 9.59 Å². The van der Waals surface area contributed by atoms with Gasteiger partial charge in [0.25, 0.3) is 0 Å². The molecule has 0 bridgehead atoms. The third-order valence-electron chi connectivity index (χ3n) is 3.38. The van der Waals surface area contributed by atoms with Crippen molar-refractivity contribution in [1.82, 2.24) is 4.98 Å². The van der Waals surface area contributed by atoms with Crippen LogP contribution in [0.4, 0.5) is 10.8 Å². The highest BCUT2D eigenvalue weighted by atomic mass is 32.2. The van der Waals surface area contributed by atoms with Crippen molar-refractivity contribution >= 4 is 45.7 Å². The fourth-order valence-electron chi connectivity index (χ4n) is 2.16. The number of hydrogen-bond acceptors (Lipinski definition) is 5. The van der Waals surface area contributed by atoms with Crippen LogP contribution in [0, 0.1) is 13.8 Å². The zero-order valence-corrected chi connectivity index (χ0v) is 13.9. The predicted octanol–water partition coefficient (Wildman–Crippen LogP) is 2.84. The third kappa shape index (κ3) is 3.00. The predicted molar refractivity (Wildman–Crippen MR) is 89.7 cm³/mol. The minimum atomic E-state index is -0.233. The highest BCUT2D eigenvalue weighted by Crippen LogP contribution is 2.34. The summed E-state index contributed by atoms with van der Waals surface area (Å²) in [7, 11) is 0. The lowest BCUT2D eigenvalue weighted by Gasteiger charge is -2.28. The summed E-state index contributed by atoms with van der Waals surface area (Å²) in [6, 6.07) is 7.63. The van der Waals surface area contributed by atoms with Crippen LogP contribution >= 0.6 is 23.1 Å². The summed E-state index contributed by atoms with van der Waals surface area (Å²) in [5, 5.41) is 3.35. The minimum Gasteiger partial charge on any atom is -0.301 e. The van der Waals surface area contributed by atoms with Gasteiger partial charge >= 0.3 is 0 Å². The molecule has 1 aromatic heterocycles. The Bertz CT molecular complexity index is 723. The van der Waals surface area contributed by atoms with Crippen molar-refractivity contribution in [1.29, 1.82) is 0 Å². The van der Waals surface area contributed by atoms with Crippen LogP contribution in [0.5, 0.6) is 0 Å². The minimum absolute atomic E-state index is 0.00802. The lowest BCUT2D eigenvalue weighted by Crippen LogP contribution is -2.41. The number of para-hydroxylation sites is 1. The number of carbonyl (C=O) groups is 2. The van der Waals surface area contributed by atoms with E-state index in [2.05, 4.69) is 10.3 Å². The van der Waals surface area contributed by atoms with Crippen molar-refractivity contribution < 1.29 is 9.59 Å². The van der Waals surface area contributed by atoms with Gasteiger partial charge in [0.15, 0.2) is 5.13 Å². The molecule has 2 aromatic rings. The van der Waals surface area contributed by atoms with Gasteiger partial charge in [-0.3, -0.25) is 9.59 Å². The molecule has 5 nitrogen and oxygen atoms in total. The van der Waals surface area contributed by atoms with Gasteiger partial charge in [-0.15, -0.1) is 23.1 Å². The molecule has 1 aromatic carbocycles. The van der Waals surface area contributed by atoms with Crippen LogP contribution in [0.2, 0.25) is 0 Å². The van der Waals surface area contributed by atoms with Crippen molar-refractivity contribution in [2.45, 2.75) is 18.7 Å². The van der Waals surface area contributed by atoms with Gasteiger partial charge in [0.05, 0.1) is 17.1 Å². The molecule has 0 spiro atoms. The van der Waals surface area contributed by atoms with Crippen LogP contribution < -0.4 is 10.2 Å². The van der Waals surface area contributed by atoms with E-state index in [4.69, 9.17) is 0 Å². The van der Waals surface area contributed by atoms with Crippen LogP contribution in [0.3, 0.4) is 0 Å². The highest BCUT2D eigenvalue weighted by Gasteiger charge is 2.26. The summed E-state index contributed by atoms with van der Waals surface area (Å²) >= 11 is 2.94. The SMILES string of the molecule is Cc1nc(NC(=O)CN2C(=O)CSc3ccccc32)sc1C. The molecular formula is C15H15N3O2S2. The number of nitrogens with one attached hydrogen (secondary N) is 1. The van der Waals surface area contributed by atoms with E-state index in [-0.39, 0.29) is 18.4 Å². The molecular weight excluding hydrogens is 318 g/mol. The Kier molecular flexibility index (Phi) is 4.17. The Morgan fingerprint density at radius 2 is 2.14 bits per heavy atom. The monoisotopic (exact) mass is 333 g/mol. The highest BCUT2D eigenvalue weighted by molar-refractivity contribution is 8.00. The molecule has 2 heterocycles. The van der Waals surface area contributed by atoms with Crippen LogP contribution in [0.25, 0.3) is 0 Å². The van der Waals surface area contributed by atoms with E-state index in [9.17, 15) is 9.59 Å². The summed E-state index contributed by atoms with van der Waals surface area (Å²) in [6.07, 6.45) is 0. The number of anilines is 2. The van der Waals surface area contributed by atoms with Gasteiger partial charge in [-0.1, -0.05) is 12.1 Å². The number of fused-ring (bicyclic) bond motifs is 1. The Balaban J connectivity index is 1.75. The van der Waals surface area contributed by atoms with E-state index in [1.807, 2.05) is 38.1 Å². The smallest absolute Gasteiger partial charge is 0.246 e. The average molecular weight is 333 g/mol. The molecule has 114 valence electrons. The maximum Gasteiger partial charge on any atom is 0.246 e. The van der Waals surface area contributed by atoms with E-state index < -0.39 is 0 Å². The van der Waals surface area contributed by atoms with Crippen molar-refractivity contribution in [2.24, 2.45) is 0 Å². The second-order valence-corrected chi connectivity index (χ2v) is 7.17. The average Bonchev–Trinajstić information content (AvgIpc) is 2.80. The van der Waals surface area contributed by atoms with Gasteiger partial charge in [-0.25, -0.2) is 4.98 Å². The number of carbonyl (C=O) groups excluding carboxylic acids is 2. The molecule has 0 atom stereocenters. The first-order valence-electron chi connectivity index (χ1n) is 6.80. The molecule has 22 heavy (non-hydrogen) atoms. The van der Waals surface area contributed by atoms with E-state index in [0.29, 0.717) is 10.9 Å². The van der Waals surface area contributed by atoms with Crippen LogP contribution in [0.15, 0.2) is 29.2 Å². The molecule has 0 unspecified atom stereocenters. The van der Waals surface area contributed by atoms with E-state index in [1.54, 1.807) is 0 Å². The van der Waals surface area contributed by atoms with Gasteiger partial charge < -0.3 is 10.2 Å². The number of hydrogen-bond donors (Lipinski definition) is 1. The molecule has 3 rings (SSSR count). The first-order chi connectivity index (χ1) is 10.5. The molecule has 0 radical (unpaired) electrons. The summed E-state index contributed by atoms with van der Waals surface area (Å²) in [6.45, 7) is 3.88. The van der Waals surface area contributed by atoms with Gasteiger partial charge in [0, 0.05) is 9.77 Å². The molecule has 0 aliphatic carbocycles. The number of thiazole rings is 1. The lowest BCUT2D eigenvalue weighted by molar-refractivity contribution is -0.120. The zero-order valence-electron chi connectivity index (χ0n) is 12.3. The largest absolute Gasteiger partial charge is 0.301 e. The fourth-order valence-corrected chi connectivity index (χ4v) is 3.92. The van der Waals surface area contributed by atoms with Gasteiger partial charge in [0.2, 0.25) is 11.8 Å². The first-order valence-corrected chi connectivity index (χ1v) is 8.61. The number of aryl methyl sites for hydroxylation is 2. The number of aromatic nitrogens is 1. The van der Waals surface area contributed by atoms with Crippen molar-refractivity contribution in [3.63, 3.8) is 0 Å². The summed E-state index contributed by atoms with van der Waals surface area (Å²) in [5.74, 6) is 0.0777. The van der Waals surface area contributed by atoms with Gasteiger partial charge in [-0.05, 0) is 26.0 Å². The quantitative estimate of drug-likeness (QED) is 0.938. The molecule has 0 saturated carbocycles. The number of thioether (sulfide) groups is 1. The molecule has 0 fully saturated rings. The van der Waals surface area contributed by atoms with E-state index >= 15 is 0 Å². The summed E-state index contributed by atoms with van der Waals surface area (Å²) < 4.78 is 0. The molecule has 1 N–H and O–H groups in total. The van der Waals surface area contributed by atoms with E-state index in [0.717, 1.165) is 21.2 Å². The third-order valence-corrected chi connectivity index (χ3v) is 5.42. The molecule has 2 amide bonds. The Labute approximate surface area is 136 Å². The number of rotatable bonds is 3. The number of benzene rings is 1. The van der Waals surface area contributed by atoms with Crippen molar-refractivity contribution in [3.05, 3.63) is 34.8 Å². The summed E-state index contributed by atoms with van der Waals surface area (Å²) in [5.41, 5.74) is 1.71. The van der Waals surface area contributed by atoms with Crippen molar-refractivity contribution in [2.75, 3.05) is 22.5 Å². The maximum atomic E-state index is 12.2.